The van der Waals surface area contributed by atoms with E-state index in [-0.39, 0.29) is 22.8 Å². The van der Waals surface area contributed by atoms with Gasteiger partial charge in [0.2, 0.25) is 0 Å². The zero-order valence-corrected chi connectivity index (χ0v) is 23.9. The molecule has 196 valence electrons. The number of aromatic hydroxyl groups is 1. The second-order valence-corrected chi connectivity index (χ2v) is 11.2. The number of para-hydroxylation sites is 1. The number of hydrazone groups is 1. The molecule has 0 atom stereocenters. The molecule has 0 aliphatic heterocycles. The number of benzene rings is 3. The molecule has 0 aliphatic carbocycles. The largest absolute Gasteiger partial charge is 0.503 e. The van der Waals surface area contributed by atoms with Crippen molar-refractivity contribution in [3.8, 4) is 28.6 Å². The van der Waals surface area contributed by atoms with Gasteiger partial charge in [0, 0.05) is 11.3 Å². The van der Waals surface area contributed by atoms with Crippen molar-refractivity contribution in [2.24, 2.45) is 5.10 Å². The van der Waals surface area contributed by atoms with Gasteiger partial charge in [-0.25, -0.2) is 5.43 Å². The highest BCUT2D eigenvalue weighted by atomic mass is 79.9. The van der Waals surface area contributed by atoms with E-state index in [0.717, 1.165) is 11.3 Å². The molecule has 8 nitrogen and oxygen atoms in total. The van der Waals surface area contributed by atoms with Gasteiger partial charge in [-0.3, -0.25) is 9.36 Å². The van der Waals surface area contributed by atoms with Crippen LogP contribution in [0, 0.1) is 0 Å². The van der Waals surface area contributed by atoms with Crippen molar-refractivity contribution < 1.29 is 14.6 Å². The molecule has 4 rings (SSSR count). The molecule has 38 heavy (non-hydrogen) atoms. The highest BCUT2D eigenvalue weighted by Gasteiger charge is 2.19. The maximum Gasteiger partial charge on any atom is 0.250 e. The minimum absolute atomic E-state index is 0.00266. The van der Waals surface area contributed by atoms with Crippen LogP contribution in [0.3, 0.4) is 0 Å². The summed E-state index contributed by atoms with van der Waals surface area (Å²) in [7, 11) is 1.46. The standard InChI is InChI=1S/C28H28BrN5O3S/c1-28(2,3)20-12-10-19(11-13-20)26-32-33-27(34(26)21-8-6-5-7-9-21)38-17-24(35)31-30-16-18-14-22(29)25(36)23(15-18)37-4/h5-16,36H,17H2,1-4H3,(H,31,35). The van der Waals surface area contributed by atoms with Crippen molar-refractivity contribution in [1.82, 2.24) is 20.2 Å². The summed E-state index contributed by atoms with van der Waals surface area (Å²) in [4.78, 5) is 12.5. The topological polar surface area (TPSA) is 102 Å². The molecule has 1 amide bonds. The molecule has 0 unspecified atom stereocenters. The summed E-state index contributed by atoms with van der Waals surface area (Å²) >= 11 is 4.54. The van der Waals surface area contributed by atoms with Crippen molar-refractivity contribution in [2.45, 2.75) is 31.3 Å². The van der Waals surface area contributed by atoms with Crippen LogP contribution in [0.2, 0.25) is 0 Å². The molecule has 0 spiro atoms. The Kier molecular flexibility index (Phi) is 8.53. The van der Waals surface area contributed by atoms with Crippen molar-refractivity contribution >= 4 is 39.8 Å². The summed E-state index contributed by atoms with van der Waals surface area (Å²) in [5.41, 5.74) is 6.29. The Balaban J connectivity index is 1.50. The van der Waals surface area contributed by atoms with Gasteiger partial charge in [0.05, 0.1) is 23.5 Å². The molecular weight excluding hydrogens is 566 g/mol. The van der Waals surface area contributed by atoms with Crippen LogP contribution in [0.4, 0.5) is 0 Å². The number of thioether (sulfide) groups is 1. The minimum atomic E-state index is -0.297. The van der Waals surface area contributed by atoms with E-state index in [4.69, 9.17) is 4.74 Å². The first-order valence-electron chi connectivity index (χ1n) is 11.8. The summed E-state index contributed by atoms with van der Waals surface area (Å²) in [5, 5.41) is 23.4. The van der Waals surface area contributed by atoms with Crippen molar-refractivity contribution in [3.05, 3.63) is 82.3 Å². The summed E-state index contributed by atoms with van der Waals surface area (Å²) in [6.07, 6.45) is 1.47. The molecular formula is C28H28BrN5O3S. The van der Waals surface area contributed by atoms with Crippen LogP contribution >= 0.6 is 27.7 Å². The van der Waals surface area contributed by atoms with Gasteiger partial charge < -0.3 is 9.84 Å². The number of hydrogen-bond acceptors (Lipinski definition) is 7. The first-order valence-corrected chi connectivity index (χ1v) is 13.6. The zero-order valence-electron chi connectivity index (χ0n) is 21.5. The number of phenols is 1. The number of halogens is 1. The van der Waals surface area contributed by atoms with E-state index in [0.29, 0.717) is 26.8 Å². The van der Waals surface area contributed by atoms with E-state index in [1.807, 2.05) is 34.9 Å². The minimum Gasteiger partial charge on any atom is -0.503 e. The monoisotopic (exact) mass is 593 g/mol. The van der Waals surface area contributed by atoms with E-state index in [2.05, 4.69) is 81.7 Å². The number of carbonyl (C=O) groups excluding carboxylic acids is 1. The fraction of sp³-hybridized carbons (Fsp3) is 0.214. The van der Waals surface area contributed by atoms with Gasteiger partial charge in [-0.2, -0.15) is 5.10 Å². The van der Waals surface area contributed by atoms with Crippen LogP contribution in [0.5, 0.6) is 11.5 Å². The third-order valence-corrected chi connectivity index (χ3v) is 7.20. The normalized spacial score (nSPS) is 11.6. The number of hydrogen-bond donors (Lipinski definition) is 2. The number of methoxy groups -OCH3 is 1. The summed E-state index contributed by atoms with van der Waals surface area (Å²) in [5.74, 6) is 0.788. The Bertz CT molecular complexity index is 1450. The first kappa shape index (κ1) is 27.4. The molecule has 2 N–H and O–H groups in total. The smallest absolute Gasteiger partial charge is 0.250 e. The number of rotatable bonds is 8. The molecule has 4 aromatic rings. The molecule has 3 aromatic carbocycles. The number of phenolic OH excluding ortho intramolecular Hbond substituents is 1. The van der Waals surface area contributed by atoms with Gasteiger partial charge >= 0.3 is 0 Å². The van der Waals surface area contributed by atoms with Gasteiger partial charge in [-0.15, -0.1) is 10.2 Å². The average molecular weight is 595 g/mol. The Morgan fingerprint density at radius 1 is 1.13 bits per heavy atom. The van der Waals surface area contributed by atoms with Crippen molar-refractivity contribution in [2.75, 3.05) is 12.9 Å². The van der Waals surface area contributed by atoms with Crippen LogP contribution in [-0.4, -0.2) is 44.9 Å². The SMILES string of the molecule is COc1cc(C=NNC(=O)CSc2nnc(-c3ccc(C(C)(C)C)cc3)n2-c2ccccc2)cc(Br)c1O. The molecule has 0 saturated carbocycles. The van der Waals surface area contributed by atoms with Crippen LogP contribution < -0.4 is 10.2 Å². The Labute approximate surface area is 234 Å². The fourth-order valence-electron chi connectivity index (χ4n) is 3.64. The molecule has 0 radical (unpaired) electrons. The van der Waals surface area contributed by atoms with Crippen LogP contribution in [-0.2, 0) is 10.2 Å². The summed E-state index contributed by atoms with van der Waals surface area (Å²) < 4.78 is 7.55. The van der Waals surface area contributed by atoms with Crippen LogP contribution in [0.15, 0.2) is 81.5 Å². The molecule has 0 bridgehead atoms. The first-order chi connectivity index (χ1) is 18.2. The predicted octanol–water partition coefficient (Wildman–Crippen LogP) is 5.95. The van der Waals surface area contributed by atoms with Crippen LogP contribution in [0.25, 0.3) is 17.1 Å². The highest BCUT2D eigenvalue weighted by Crippen LogP contribution is 2.35. The zero-order chi connectivity index (χ0) is 27.3. The lowest BCUT2D eigenvalue weighted by Gasteiger charge is -2.19. The lowest BCUT2D eigenvalue weighted by molar-refractivity contribution is -0.118. The Morgan fingerprint density at radius 3 is 2.50 bits per heavy atom. The van der Waals surface area contributed by atoms with E-state index >= 15 is 0 Å². The number of ether oxygens (including phenoxy) is 1. The average Bonchev–Trinajstić information content (AvgIpc) is 3.33. The third kappa shape index (κ3) is 6.43. The van der Waals surface area contributed by atoms with E-state index < -0.39 is 0 Å². The van der Waals surface area contributed by atoms with Gasteiger partial charge in [0.15, 0.2) is 22.5 Å². The molecule has 10 heteroatoms. The maximum atomic E-state index is 12.5. The Hall–Kier alpha value is -3.63. The highest BCUT2D eigenvalue weighted by molar-refractivity contribution is 9.10. The number of aromatic nitrogens is 3. The molecule has 1 aromatic heterocycles. The van der Waals surface area contributed by atoms with Crippen molar-refractivity contribution in [1.29, 1.82) is 0 Å². The number of nitrogens with one attached hydrogen (secondary N) is 1. The van der Waals surface area contributed by atoms with Gasteiger partial charge in [0.25, 0.3) is 5.91 Å². The number of carbonyl (C=O) groups is 1. The quantitative estimate of drug-likeness (QED) is 0.149. The molecule has 0 saturated heterocycles. The van der Waals surface area contributed by atoms with Crippen molar-refractivity contribution in [3.63, 3.8) is 0 Å². The molecule has 1 heterocycles. The number of amides is 1. The van der Waals surface area contributed by atoms with Gasteiger partial charge in [-0.05, 0) is 56.7 Å². The van der Waals surface area contributed by atoms with E-state index in [1.54, 1.807) is 12.1 Å². The second-order valence-electron chi connectivity index (χ2n) is 9.44. The van der Waals surface area contributed by atoms with E-state index in [9.17, 15) is 9.90 Å². The Morgan fingerprint density at radius 2 is 1.84 bits per heavy atom. The summed E-state index contributed by atoms with van der Waals surface area (Å²) in [6, 6.07) is 21.4. The molecule has 0 aliphatic rings. The predicted molar refractivity (Wildman–Crippen MR) is 154 cm³/mol. The van der Waals surface area contributed by atoms with Gasteiger partial charge in [-0.1, -0.05) is 75.0 Å². The second kappa shape index (κ2) is 11.8. The molecule has 0 fully saturated rings. The maximum absolute atomic E-state index is 12.5. The third-order valence-electron chi connectivity index (χ3n) is 5.66. The fourth-order valence-corrected chi connectivity index (χ4v) is 4.85. The number of nitrogens with zero attached hydrogens (tertiary/aromatic N) is 4. The van der Waals surface area contributed by atoms with Crippen LogP contribution in [0.1, 0.15) is 31.9 Å². The lowest BCUT2D eigenvalue weighted by atomic mass is 9.87. The van der Waals surface area contributed by atoms with Gasteiger partial charge in [0.1, 0.15) is 0 Å². The lowest BCUT2D eigenvalue weighted by Crippen LogP contribution is -2.20. The van der Waals surface area contributed by atoms with E-state index in [1.165, 1.54) is 30.6 Å². The summed E-state index contributed by atoms with van der Waals surface area (Å²) in [6.45, 7) is 6.54.